The molecule has 0 aromatic heterocycles. The van der Waals surface area contributed by atoms with E-state index in [1.165, 1.54) is 45.4 Å². The summed E-state index contributed by atoms with van der Waals surface area (Å²) in [6.07, 6.45) is 2.65. The molecular weight excluding hydrogens is 355 g/mol. The van der Waals surface area contributed by atoms with Crippen LogP contribution in [0.2, 0.25) is 5.32 Å². The Hall–Kier alpha value is -2.00. The van der Waals surface area contributed by atoms with Crippen molar-refractivity contribution in [2.24, 2.45) is 0 Å². The summed E-state index contributed by atoms with van der Waals surface area (Å²) in [5.74, 6) is 6.83. The summed E-state index contributed by atoms with van der Waals surface area (Å²) in [6, 6.07) is 23.4. The summed E-state index contributed by atoms with van der Waals surface area (Å²) in [4.78, 5) is 0. The van der Waals surface area contributed by atoms with Gasteiger partial charge < -0.3 is 0 Å². The van der Waals surface area contributed by atoms with Crippen molar-refractivity contribution < 1.29 is 0 Å². The summed E-state index contributed by atoms with van der Waals surface area (Å²) < 4.78 is 0. The van der Waals surface area contributed by atoms with E-state index in [4.69, 9.17) is 0 Å². The van der Waals surface area contributed by atoms with E-state index >= 15 is 0 Å². The third kappa shape index (κ3) is 4.29. The average molecular weight is 377 g/mol. The zero-order valence-electron chi connectivity index (χ0n) is 14.1. The molecule has 0 unspecified atom stereocenters. The van der Waals surface area contributed by atoms with E-state index < -0.39 is 0 Å². The van der Waals surface area contributed by atoms with Gasteiger partial charge in [0.2, 0.25) is 0 Å². The van der Waals surface area contributed by atoms with Crippen molar-refractivity contribution in [3.8, 4) is 11.8 Å². The molecule has 0 saturated carbocycles. The van der Waals surface area contributed by atoms with Gasteiger partial charge in [0.05, 0.1) is 0 Å². The molecule has 0 spiro atoms. The third-order valence-corrected chi connectivity index (χ3v) is 6.33. The first-order valence-corrected chi connectivity index (χ1v) is 11.0. The topological polar surface area (TPSA) is 0 Å². The predicted molar refractivity (Wildman–Crippen MR) is 106 cm³/mol. The predicted octanol–water partition coefficient (Wildman–Crippen LogP) is 5.66. The van der Waals surface area contributed by atoms with Gasteiger partial charge in [0.1, 0.15) is 0 Å². The summed E-state index contributed by atoms with van der Waals surface area (Å²) in [6.45, 7) is 2.26. The fourth-order valence-corrected chi connectivity index (χ4v) is 4.99. The molecule has 0 fully saturated rings. The Kier molecular flexibility index (Phi) is 6.13. The minimum atomic E-state index is 0.688. The van der Waals surface area contributed by atoms with Gasteiger partial charge >= 0.3 is 151 Å². The van der Waals surface area contributed by atoms with Gasteiger partial charge in [-0.25, -0.2) is 0 Å². The zero-order valence-corrected chi connectivity index (χ0v) is 15.8. The zero-order chi connectivity index (χ0) is 16.6. The van der Waals surface area contributed by atoms with Crippen molar-refractivity contribution >= 4 is 25.7 Å². The molecule has 0 N–H and O–H groups in total. The van der Waals surface area contributed by atoms with Gasteiger partial charge in [0, 0.05) is 0 Å². The molecule has 0 atom stereocenters. The van der Waals surface area contributed by atoms with E-state index in [0.29, 0.717) is 15.0 Å². The molecule has 0 amide bonds. The van der Waals surface area contributed by atoms with Crippen molar-refractivity contribution in [2.45, 2.75) is 30.4 Å². The molecule has 0 heterocycles. The van der Waals surface area contributed by atoms with Crippen LogP contribution >= 0.6 is 0 Å². The molecule has 3 aromatic rings. The van der Waals surface area contributed by atoms with Crippen molar-refractivity contribution in [1.29, 1.82) is 0 Å². The maximum absolute atomic E-state index is 3.42. The fraction of sp³-hybridized carbons (Fsp3) is 0.217. The number of benzene rings is 3. The SMILES string of the molecule is CCCC[Se]Cc1ccccc1C#Cc1cccc2ccccc12. The Bertz CT molecular complexity index is 862. The number of hydrogen-bond acceptors (Lipinski definition) is 0. The van der Waals surface area contributed by atoms with E-state index in [-0.39, 0.29) is 0 Å². The Balaban J connectivity index is 1.85. The molecule has 24 heavy (non-hydrogen) atoms. The molecule has 3 rings (SSSR count). The second kappa shape index (κ2) is 8.74. The van der Waals surface area contributed by atoms with Gasteiger partial charge in [-0.3, -0.25) is 0 Å². The van der Waals surface area contributed by atoms with E-state index in [1.807, 2.05) is 0 Å². The summed E-state index contributed by atoms with van der Waals surface area (Å²) in [7, 11) is 0. The molecule has 0 aliphatic carbocycles. The van der Waals surface area contributed by atoms with E-state index in [1.54, 1.807) is 0 Å². The Morgan fingerprint density at radius 3 is 2.42 bits per heavy atom. The van der Waals surface area contributed by atoms with Crippen molar-refractivity contribution in [2.75, 3.05) is 0 Å². The van der Waals surface area contributed by atoms with E-state index in [0.717, 1.165) is 5.56 Å². The van der Waals surface area contributed by atoms with Gasteiger partial charge in [0.15, 0.2) is 0 Å². The minimum absolute atomic E-state index is 0.688. The standard InChI is InChI=1S/C23H22Se/c1-2-3-17-24-18-22-11-5-4-9-19(22)15-16-21-13-8-12-20-10-6-7-14-23(20)21/h4-14H,2-3,17-18H2,1H3. The maximum atomic E-state index is 3.42. The second-order valence-electron chi connectivity index (χ2n) is 5.84. The number of unbranched alkanes of at least 4 members (excludes halogenated alkanes) is 1. The van der Waals surface area contributed by atoms with Gasteiger partial charge in [0.25, 0.3) is 0 Å². The fourth-order valence-electron chi connectivity index (χ4n) is 2.67. The molecule has 0 radical (unpaired) electrons. The second-order valence-corrected chi connectivity index (χ2v) is 8.16. The number of rotatable bonds is 5. The first kappa shape index (κ1) is 16.8. The summed E-state index contributed by atoms with van der Waals surface area (Å²) in [5, 5.41) is 5.04. The Morgan fingerprint density at radius 2 is 1.50 bits per heavy atom. The average Bonchev–Trinajstić information content (AvgIpc) is 2.64. The van der Waals surface area contributed by atoms with Crippen LogP contribution in [-0.4, -0.2) is 15.0 Å². The number of fused-ring (bicyclic) bond motifs is 1. The molecule has 1 heteroatoms. The molecule has 120 valence electrons. The van der Waals surface area contributed by atoms with Crippen LogP contribution in [0.3, 0.4) is 0 Å². The van der Waals surface area contributed by atoms with Gasteiger partial charge in [-0.15, -0.1) is 0 Å². The monoisotopic (exact) mass is 378 g/mol. The van der Waals surface area contributed by atoms with E-state index in [9.17, 15) is 0 Å². The quantitative estimate of drug-likeness (QED) is 0.306. The van der Waals surface area contributed by atoms with Crippen LogP contribution in [0.5, 0.6) is 0 Å². The van der Waals surface area contributed by atoms with Crippen LogP contribution in [0.1, 0.15) is 36.5 Å². The van der Waals surface area contributed by atoms with E-state index in [2.05, 4.69) is 85.5 Å². The molecule has 3 aromatic carbocycles. The normalized spacial score (nSPS) is 10.4. The van der Waals surface area contributed by atoms with Crippen LogP contribution in [0.25, 0.3) is 10.8 Å². The van der Waals surface area contributed by atoms with Crippen molar-refractivity contribution in [1.82, 2.24) is 0 Å². The molecule has 0 nitrogen and oxygen atoms in total. The number of hydrogen-bond donors (Lipinski definition) is 0. The van der Waals surface area contributed by atoms with Gasteiger partial charge in [-0.05, 0) is 0 Å². The van der Waals surface area contributed by atoms with Crippen LogP contribution < -0.4 is 0 Å². The molecule has 0 saturated heterocycles. The molecule has 0 aliphatic rings. The third-order valence-electron chi connectivity index (χ3n) is 4.04. The summed E-state index contributed by atoms with van der Waals surface area (Å²) in [5.41, 5.74) is 3.70. The first-order chi connectivity index (χ1) is 11.9. The van der Waals surface area contributed by atoms with Crippen molar-refractivity contribution in [3.63, 3.8) is 0 Å². The van der Waals surface area contributed by atoms with Crippen LogP contribution in [0.15, 0.2) is 66.7 Å². The van der Waals surface area contributed by atoms with Gasteiger partial charge in [-0.2, -0.15) is 0 Å². The molecular formula is C23H22Se. The van der Waals surface area contributed by atoms with Gasteiger partial charge in [-0.1, -0.05) is 0 Å². The summed E-state index contributed by atoms with van der Waals surface area (Å²) >= 11 is 0.688. The van der Waals surface area contributed by atoms with Crippen molar-refractivity contribution in [3.05, 3.63) is 83.4 Å². The Morgan fingerprint density at radius 1 is 0.792 bits per heavy atom. The van der Waals surface area contributed by atoms with Crippen LogP contribution in [0, 0.1) is 11.8 Å². The van der Waals surface area contributed by atoms with Crippen LogP contribution in [0.4, 0.5) is 0 Å². The molecule has 0 bridgehead atoms. The molecule has 0 aliphatic heterocycles. The Labute approximate surface area is 151 Å². The van der Waals surface area contributed by atoms with Crippen LogP contribution in [-0.2, 0) is 5.32 Å². The first-order valence-electron chi connectivity index (χ1n) is 8.54.